The molecule has 1 heterocycles. The maximum Gasteiger partial charge on any atom is 0.394 e. The Morgan fingerprint density at radius 3 is 2.83 bits per heavy atom. The zero-order chi connectivity index (χ0) is 13.2. The molecule has 18 heavy (non-hydrogen) atoms. The summed E-state index contributed by atoms with van der Waals surface area (Å²) in [7, 11) is 1.60. The second kappa shape index (κ2) is 8.48. The van der Waals surface area contributed by atoms with Gasteiger partial charge in [-0.2, -0.15) is 4.98 Å². The molecule has 0 amide bonds. The number of rotatable bonds is 9. The first kappa shape index (κ1) is 14.5. The molecule has 0 N–H and O–H groups in total. The number of esters is 1. The largest absolute Gasteiger partial charge is 0.461 e. The quantitative estimate of drug-likeness (QED) is 0.481. The van der Waals surface area contributed by atoms with E-state index in [2.05, 4.69) is 4.98 Å². The van der Waals surface area contributed by atoms with Crippen molar-refractivity contribution < 1.29 is 28.2 Å². The Morgan fingerprint density at radius 2 is 2.11 bits per heavy atom. The molecule has 0 fully saturated rings. The topological polar surface area (TPSA) is 80.0 Å². The molecular weight excluding hydrogens is 242 g/mol. The Labute approximate surface area is 105 Å². The van der Waals surface area contributed by atoms with E-state index in [1.807, 2.05) is 0 Å². The SMILES string of the molecule is CCOC(=O)c1coc(OCCOCCOC)n1. The van der Waals surface area contributed by atoms with Crippen molar-refractivity contribution in [3.8, 4) is 6.08 Å². The Hall–Kier alpha value is -1.60. The van der Waals surface area contributed by atoms with Crippen LogP contribution in [0.3, 0.4) is 0 Å². The van der Waals surface area contributed by atoms with Crippen molar-refractivity contribution in [3.63, 3.8) is 0 Å². The Kier molecular flexibility index (Phi) is 6.82. The second-order valence-electron chi connectivity index (χ2n) is 3.17. The van der Waals surface area contributed by atoms with Crippen molar-refractivity contribution in [2.24, 2.45) is 0 Å². The van der Waals surface area contributed by atoms with Crippen molar-refractivity contribution in [1.82, 2.24) is 4.98 Å². The average molecular weight is 259 g/mol. The summed E-state index contributed by atoms with van der Waals surface area (Å²) in [5, 5.41) is 0. The van der Waals surface area contributed by atoms with Crippen LogP contribution in [0.15, 0.2) is 10.7 Å². The highest BCUT2D eigenvalue weighted by Gasteiger charge is 2.13. The van der Waals surface area contributed by atoms with E-state index in [4.69, 9.17) is 23.4 Å². The fourth-order valence-electron chi connectivity index (χ4n) is 1.05. The molecule has 0 aromatic carbocycles. The fourth-order valence-corrected chi connectivity index (χ4v) is 1.05. The minimum atomic E-state index is -0.535. The number of nitrogens with zero attached hydrogens (tertiary/aromatic N) is 1. The number of methoxy groups -OCH3 is 1. The third-order valence-corrected chi connectivity index (χ3v) is 1.85. The summed E-state index contributed by atoms with van der Waals surface area (Å²) in [6, 6.07) is 0. The molecule has 0 aliphatic rings. The molecule has 0 saturated carbocycles. The molecule has 0 unspecified atom stereocenters. The lowest BCUT2D eigenvalue weighted by Crippen LogP contribution is -2.10. The summed E-state index contributed by atoms with van der Waals surface area (Å²) < 4.78 is 24.8. The van der Waals surface area contributed by atoms with Gasteiger partial charge in [0.1, 0.15) is 12.9 Å². The number of hydrogen-bond donors (Lipinski definition) is 0. The minimum Gasteiger partial charge on any atom is -0.461 e. The Morgan fingerprint density at radius 1 is 1.33 bits per heavy atom. The predicted octanol–water partition coefficient (Wildman–Crippen LogP) is 0.893. The van der Waals surface area contributed by atoms with Gasteiger partial charge in [0.25, 0.3) is 0 Å². The molecule has 1 aromatic heterocycles. The van der Waals surface area contributed by atoms with Gasteiger partial charge in [-0.15, -0.1) is 0 Å². The molecule has 7 nitrogen and oxygen atoms in total. The van der Waals surface area contributed by atoms with Crippen LogP contribution < -0.4 is 4.74 Å². The van der Waals surface area contributed by atoms with Crippen LogP contribution in [-0.2, 0) is 14.2 Å². The standard InChI is InChI=1S/C11H17NO6/c1-3-16-10(13)9-8-18-11(12-9)17-7-6-15-5-4-14-2/h8H,3-7H2,1-2H3. The maximum atomic E-state index is 11.3. The molecule has 7 heteroatoms. The lowest BCUT2D eigenvalue weighted by atomic mass is 10.5. The van der Waals surface area contributed by atoms with Gasteiger partial charge in [-0.3, -0.25) is 0 Å². The highest BCUT2D eigenvalue weighted by Crippen LogP contribution is 2.10. The normalized spacial score (nSPS) is 10.3. The summed E-state index contributed by atoms with van der Waals surface area (Å²) in [5.74, 6) is -0.535. The van der Waals surface area contributed by atoms with Crippen LogP contribution in [0.25, 0.3) is 0 Å². The first-order valence-electron chi connectivity index (χ1n) is 5.60. The minimum absolute atomic E-state index is 0.0217. The number of aromatic nitrogens is 1. The van der Waals surface area contributed by atoms with Crippen LogP contribution >= 0.6 is 0 Å². The first-order valence-corrected chi connectivity index (χ1v) is 5.60. The molecule has 1 rings (SSSR count). The van der Waals surface area contributed by atoms with Crippen molar-refractivity contribution in [3.05, 3.63) is 12.0 Å². The molecule has 0 spiro atoms. The summed E-state index contributed by atoms with van der Waals surface area (Å²) in [6.45, 7) is 3.71. The van der Waals surface area contributed by atoms with E-state index in [0.717, 1.165) is 0 Å². The average Bonchev–Trinajstić information content (AvgIpc) is 2.83. The first-order chi connectivity index (χ1) is 8.77. The number of carbonyl (C=O) groups excluding carboxylic acids is 1. The molecule has 1 aromatic rings. The second-order valence-corrected chi connectivity index (χ2v) is 3.17. The van der Waals surface area contributed by atoms with E-state index in [1.54, 1.807) is 14.0 Å². The fraction of sp³-hybridized carbons (Fsp3) is 0.636. The number of hydrogen-bond acceptors (Lipinski definition) is 7. The van der Waals surface area contributed by atoms with Crippen LogP contribution in [-0.4, -0.2) is 51.1 Å². The van der Waals surface area contributed by atoms with Gasteiger partial charge in [0.2, 0.25) is 0 Å². The smallest absolute Gasteiger partial charge is 0.394 e. The number of oxazole rings is 1. The van der Waals surface area contributed by atoms with E-state index in [1.165, 1.54) is 6.26 Å². The molecule has 0 radical (unpaired) electrons. The highest BCUT2D eigenvalue weighted by molar-refractivity contribution is 5.86. The molecular formula is C11H17NO6. The Bertz CT molecular complexity index is 351. The van der Waals surface area contributed by atoms with Gasteiger partial charge < -0.3 is 23.4 Å². The van der Waals surface area contributed by atoms with Crippen molar-refractivity contribution in [2.45, 2.75) is 6.92 Å². The van der Waals surface area contributed by atoms with Crippen molar-refractivity contribution in [1.29, 1.82) is 0 Å². The van der Waals surface area contributed by atoms with Crippen molar-refractivity contribution >= 4 is 5.97 Å². The molecule has 0 aliphatic heterocycles. The van der Waals surface area contributed by atoms with Gasteiger partial charge in [0.05, 0.1) is 26.4 Å². The van der Waals surface area contributed by atoms with Gasteiger partial charge in [-0.05, 0) is 6.92 Å². The third-order valence-electron chi connectivity index (χ3n) is 1.85. The maximum absolute atomic E-state index is 11.3. The monoisotopic (exact) mass is 259 g/mol. The summed E-state index contributed by atoms with van der Waals surface area (Å²) in [5.41, 5.74) is 0.0900. The van der Waals surface area contributed by atoms with Gasteiger partial charge >= 0.3 is 12.0 Å². The van der Waals surface area contributed by atoms with Gasteiger partial charge in [0, 0.05) is 7.11 Å². The Balaban J connectivity index is 2.21. The predicted molar refractivity (Wildman–Crippen MR) is 60.6 cm³/mol. The van der Waals surface area contributed by atoms with Gasteiger partial charge in [-0.25, -0.2) is 4.79 Å². The van der Waals surface area contributed by atoms with Crippen LogP contribution in [0.5, 0.6) is 6.08 Å². The molecule has 0 saturated heterocycles. The summed E-state index contributed by atoms with van der Waals surface area (Å²) in [6.07, 6.45) is 1.22. The zero-order valence-electron chi connectivity index (χ0n) is 10.5. The van der Waals surface area contributed by atoms with Gasteiger partial charge in [0.15, 0.2) is 5.69 Å². The van der Waals surface area contributed by atoms with Crippen LogP contribution in [0.4, 0.5) is 0 Å². The zero-order valence-corrected chi connectivity index (χ0v) is 10.5. The number of ether oxygens (including phenoxy) is 4. The van der Waals surface area contributed by atoms with E-state index in [9.17, 15) is 4.79 Å². The van der Waals surface area contributed by atoms with Gasteiger partial charge in [-0.1, -0.05) is 0 Å². The molecule has 0 aliphatic carbocycles. The van der Waals surface area contributed by atoms with E-state index in [0.29, 0.717) is 19.8 Å². The lowest BCUT2D eigenvalue weighted by molar-refractivity contribution is 0.0486. The van der Waals surface area contributed by atoms with E-state index < -0.39 is 5.97 Å². The number of carbonyl (C=O) groups is 1. The van der Waals surface area contributed by atoms with Crippen LogP contribution in [0.2, 0.25) is 0 Å². The third kappa shape index (κ3) is 5.15. The lowest BCUT2D eigenvalue weighted by Gasteiger charge is -2.02. The van der Waals surface area contributed by atoms with Crippen molar-refractivity contribution in [2.75, 3.05) is 40.1 Å². The summed E-state index contributed by atoms with van der Waals surface area (Å²) in [4.78, 5) is 15.1. The molecule has 102 valence electrons. The molecule has 0 bridgehead atoms. The highest BCUT2D eigenvalue weighted by atomic mass is 16.6. The van der Waals surface area contributed by atoms with E-state index in [-0.39, 0.29) is 25.0 Å². The molecule has 0 atom stereocenters. The summed E-state index contributed by atoms with van der Waals surface area (Å²) >= 11 is 0. The van der Waals surface area contributed by atoms with Crippen LogP contribution in [0.1, 0.15) is 17.4 Å². The van der Waals surface area contributed by atoms with E-state index >= 15 is 0 Å². The van der Waals surface area contributed by atoms with Crippen LogP contribution in [0, 0.1) is 0 Å².